The Morgan fingerprint density at radius 2 is 2.38 bits per heavy atom. The molecule has 78 valence electrons. The van der Waals surface area contributed by atoms with Gasteiger partial charge in [0.1, 0.15) is 0 Å². The molecule has 1 aliphatic rings. The molecule has 1 heterocycles. The zero-order valence-corrected chi connectivity index (χ0v) is 9.40. The normalized spacial score (nSPS) is 28.6. The van der Waals surface area contributed by atoms with Crippen LogP contribution in [0.2, 0.25) is 0 Å². The second kappa shape index (κ2) is 5.20. The molecule has 0 spiro atoms. The van der Waals surface area contributed by atoms with Crippen molar-refractivity contribution >= 4 is 11.8 Å². The SMILES string of the molecule is CSCCN(C)CC1(N)CCOC1. The van der Waals surface area contributed by atoms with Crippen LogP contribution in [0.25, 0.3) is 0 Å². The molecule has 0 amide bonds. The first-order valence-corrected chi connectivity index (χ1v) is 6.10. The Morgan fingerprint density at radius 1 is 1.62 bits per heavy atom. The summed E-state index contributed by atoms with van der Waals surface area (Å²) in [6.45, 7) is 3.61. The van der Waals surface area contributed by atoms with Gasteiger partial charge in [-0.2, -0.15) is 11.8 Å². The van der Waals surface area contributed by atoms with Gasteiger partial charge < -0.3 is 15.4 Å². The summed E-state index contributed by atoms with van der Waals surface area (Å²) in [5.41, 5.74) is 6.07. The van der Waals surface area contributed by atoms with Crippen molar-refractivity contribution < 1.29 is 4.74 Å². The van der Waals surface area contributed by atoms with Crippen LogP contribution in [-0.2, 0) is 4.74 Å². The fraction of sp³-hybridized carbons (Fsp3) is 1.00. The van der Waals surface area contributed by atoms with Crippen molar-refractivity contribution in [2.45, 2.75) is 12.0 Å². The second-order valence-corrected chi connectivity index (χ2v) is 4.88. The molecule has 4 heteroatoms. The Kier molecular flexibility index (Phi) is 4.52. The van der Waals surface area contributed by atoms with Crippen LogP contribution >= 0.6 is 11.8 Å². The van der Waals surface area contributed by atoms with E-state index < -0.39 is 0 Å². The monoisotopic (exact) mass is 204 g/mol. The van der Waals surface area contributed by atoms with Crippen molar-refractivity contribution in [1.29, 1.82) is 0 Å². The van der Waals surface area contributed by atoms with Gasteiger partial charge in [-0.05, 0) is 19.7 Å². The van der Waals surface area contributed by atoms with E-state index in [2.05, 4.69) is 18.2 Å². The van der Waals surface area contributed by atoms with E-state index in [-0.39, 0.29) is 5.54 Å². The lowest BCUT2D eigenvalue weighted by atomic mass is 10.00. The zero-order chi connectivity index (χ0) is 9.73. The van der Waals surface area contributed by atoms with Gasteiger partial charge in [-0.25, -0.2) is 0 Å². The third-order valence-corrected chi connectivity index (χ3v) is 2.99. The maximum atomic E-state index is 6.16. The molecule has 0 saturated carbocycles. The van der Waals surface area contributed by atoms with Gasteiger partial charge >= 0.3 is 0 Å². The summed E-state index contributed by atoms with van der Waals surface area (Å²) in [4.78, 5) is 2.30. The molecule has 3 nitrogen and oxygen atoms in total. The minimum atomic E-state index is -0.0901. The molecule has 0 bridgehead atoms. The number of ether oxygens (including phenoxy) is 1. The first-order chi connectivity index (χ1) is 6.16. The number of hydrogen-bond acceptors (Lipinski definition) is 4. The van der Waals surface area contributed by atoms with E-state index >= 15 is 0 Å². The first kappa shape index (κ1) is 11.3. The van der Waals surface area contributed by atoms with Gasteiger partial charge in [0.25, 0.3) is 0 Å². The van der Waals surface area contributed by atoms with Gasteiger partial charge in [0.05, 0.1) is 12.1 Å². The largest absolute Gasteiger partial charge is 0.379 e. The number of likely N-dealkylation sites (N-methyl/N-ethyl adjacent to an activating group) is 1. The van der Waals surface area contributed by atoms with Crippen LogP contribution in [-0.4, -0.2) is 55.8 Å². The summed E-state index contributed by atoms with van der Waals surface area (Å²) in [6, 6.07) is 0. The molecule has 0 aromatic rings. The fourth-order valence-corrected chi connectivity index (χ4v) is 2.11. The van der Waals surface area contributed by atoms with E-state index in [9.17, 15) is 0 Å². The maximum Gasteiger partial charge on any atom is 0.0659 e. The number of nitrogens with two attached hydrogens (primary N) is 1. The summed E-state index contributed by atoms with van der Waals surface area (Å²) >= 11 is 1.87. The van der Waals surface area contributed by atoms with Crippen molar-refractivity contribution in [1.82, 2.24) is 4.90 Å². The molecule has 13 heavy (non-hydrogen) atoms. The highest BCUT2D eigenvalue weighted by atomic mass is 32.2. The number of rotatable bonds is 5. The molecular formula is C9H20N2OS. The Labute approximate surface area is 85.0 Å². The van der Waals surface area contributed by atoms with E-state index in [1.807, 2.05) is 11.8 Å². The lowest BCUT2D eigenvalue weighted by Crippen LogP contribution is -2.50. The molecule has 1 saturated heterocycles. The van der Waals surface area contributed by atoms with Crippen LogP contribution in [0.3, 0.4) is 0 Å². The van der Waals surface area contributed by atoms with Crippen molar-refractivity contribution in [3.05, 3.63) is 0 Å². The summed E-state index contributed by atoms with van der Waals surface area (Å²) < 4.78 is 5.31. The summed E-state index contributed by atoms with van der Waals surface area (Å²) in [5.74, 6) is 1.17. The second-order valence-electron chi connectivity index (χ2n) is 3.90. The average molecular weight is 204 g/mol. The topological polar surface area (TPSA) is 38.5 Å². The lowest BCUT2D eigenvalue weighted by molar-refractivity contribution is 0.163. The van der Waals surface area contributed by atoms with Crippen LogP contribution in [0, 0.1) is 0 Å². The Hall–Kier alpha value is 0.230. The van der Waals surface area contributed by atoms with Crippen LogP contribution in [0.4, 0.5) is 0 Å². The molecule has 2 N–H and O–H groups in total. The van der Waals surface area contributed by atoms with Gasteiger partial charge in [0.2, 0.25) is 0 Å². The molecule has 0 aliphatic carbocycles. The highest BCUT2D eigenvalue weighted by molar-refractivity contribution is 7.98. The van der Waals surface area contributed by atoms with Crippen molar-refractivity contribution in [3.63, 3.8) is 0 Å². The fourth-order valence-electron chi connectivity index (χ4n) is 1.61. The average Bonchev–Trinajstić information content (AvgIpc) is 2.48. The smallest absolute Gasteiger partial charge is 0.0659 e. The van der Waals surface area contributed by atoms with E-state index in [0.717, 1.165) is 32.7 Å². The van der Waals surface area contributed by atoms with Crippen LogP contribution in [0.1, 0.15) is 6.42 Å². The third kappa shape index (κ3) is 3.85. The van der Waals surface area contributed by atoms with Crippen LogP contribution in [0.15, 0.2) is 0 Å². The molecule has 0 radical (unpaired) electrons. The summed E-state index contributed by atoms with van der Waals surface area (Å²) in [6.07, 6.45) is 3.13. The molecular weight excluding hydrogens is 184 g/mol. The predicted molar refractivity (Wildman–Crippen MR) is 58.2 cm³/mol. The zero-order valence-electron chi connectivity index (χ0n) is 8.58. The van der Waals surface area contributed by atoms with E-state index in [1.54, 1.807) is 0 Å². The van der Waals surface area contributed by atoms with Crippen LogP contribution < -0.4 is 5.73 Å². The number of thioether (sulfide) groups is 1. The highest BCUT2D eigenvalue weighted by Gasteiger charge is 2.31. The standard InChI is InChI=1S/C9H20N2OS/c1-11(4-6-13-2)7-9(10)3-5-12-8-9/h3-8,10H2,1-2H3. The number of hydrogen-bond donors (Lipinski definition) is 1. The first-order valence-electron chi connectivity index (χ1n) is 4.70. The predicted octanol–water partition coefficient (Wildman–Crippen LogP) is 0.399. The molecule has 1 fully saturated rings. The lowest BCUT2D eigenvalue weighted by Gasteiger charge is -2.28. The Bertz CT molecular complexity index is 149. The maximum absolute atomic E-state index is 6.16. The minimum Gasteiger partial charge on any atom is -0.379 e. The minimum absolute atomic E-state index is 0.0901. The molecule has 1 aliphatic heterocycles. The molecule has 1 atom stereocenters. The Balaban J connectivity index is 2.21. The van der Waals surface area contributed by atoms with Gasteiger partial charge in [0.15, 0.2) is 0 Å². The third-order valence-electron chi connectivity index (χ3n) is 2.40. The molecule has 0 aromatic carbocycles. The quantitative estimate of drug-likeness (QED) is 0.703. The molecule has 1 rings (SSSR count). The molecule has 1 unspecified atom stereocenters. The van der Waals surface area contributed by atoms with Gasteiger partial charge in [-0.15, -0.1) is 0 Å². The van der Waals surface area contributed by atoms with E-state index in [0.29, 0.717) is 0 Å². The van der Waals surface area contributed by atoms with Gasteiger partial charge in [-0.1, -0.05) is 0 Å². The van der Waals surface area contributed by atoms with E-state index in [4.69, 9.17) is 10.5 Å². The summed E-state index contributed by atoms with van der Waals surface area (Å²) in [5, 5.41) is 0. The highest BCUT2D eigenvalue weighted by Crippen LogP contribution is 2.16. The number of nitrogens with zero attached hydrogens (tertiary/aromatic N) is 1. The van der Waals surface area contributed by atoms with Gasteiger partial charge in [0, 0.05) is 25.4 Å². The van der Waals surface area contributed by atoms with Crippen molar-refractivity contribution in [3.8, 4) is 0 Å². The van der Waals surface area contributed by atoms with Gasteiger partial charge in [-0.3, -0.25) is 0 Å². The Morgan fingerprint density at radius 3 is 2.92 bits per heavy atom. The van der Waals surface area contributed by atoms with Crippen LogP contribution in [0.5, 0.6) is 0 Å². The van der Waals surface area contributed by atoms with Crippen molar-refractivity contribution in [2.75, 3.05) is 45.4 Å². The molecule has 0 aromatic heterocycles. The van der Waals surface area contributed by atoms with E-state index in [1.165, 1.54) is 5.75 Å². The summed E-state index contributed by atoms with van der Waals surface area (Å²) in [7, 11) is 2.13. The van der Waals surface area contributed by atoms with Crippen molar-refractivity contribution in [2.24, 2.45) is 5.73 Å².